The topological polar surface area (TPSA) is 76.2 Å². The molecule has 1 aliphatic heterocycles. The van der Waals surface area contributed by atoms with Gasteiger partial charge in [0.1, 0.15) is 6.54 Å². The molecule has 1 heterocycles. The summed E-state index contributed by atoms with van der Waals surface area (Å²) < 4.78 is 37.2. The molecule has 0 saturated carbocycles. The number of esters is 1. The van der Waals surface area contributed by atoms with Gasteiger partial charge in [-0.05, 0) is 20.8 Å². The van der Waals surface area contributed by atoms with Crippen molar-refractivity contribution in [1.29, 1.82) is 0 Å². The van der Waals surface area contributed by atoms with Crippen molar-refractivity contribution in [2.24, 2.45) is 0 Å². The summed E-state index contributed by atoms with van der Waals surface area (Å²) in [6.45, 7) is 5.86. The van der Waals surface area contributed by atoms with E-state index in [9.17, 15) is 13.2 Å². The van der Waals surface area contributed by atoms with E-state index in [-0.39, 0.29) is 25.4 Å². The van der Waals surface area contributed by atoms with Crippen molar-refractivity contribution in [3.8, 4) is 0 Å². The molecule has 8 heteroatoms. The Morgan fingerprint density at radius 1 is 1.37 bits per heavy atom. The normalized spacial score (nSPS) is 25.5. The smallest absolute Gasteiger partial charge is 0.321 e. The van der Waals surface area contributed by atoms with Crippen molar-refractivity contribution < 1.29 is 22.7 Å². The Balaban J connectivity index is 2.71. The summed E-state index contributed by atoms with van der Waals surface area (Å²) in [6, 6.07) is 0. The Hall–Kier alpha value is -0.700. The van der Waals surface area contributed by atoms with Crippen molar-refractivity contribution in [3.63, 3.8) is 0 Å². The minimum atomic E-state index is -3.66. The van der Waals surface area contributed by atoms with Crippen molar-refractivity contribution in [2.75, 3.05) is 33.3 Å². The molecule has 19 heavy (non-hydrogen) atoms. The molecule has 7 nitrogen and oxygen atoms in total. The summed E-state index contributed by atoms with van der Waals surface area (Å²) in [6.07, 6.45) is -0.316. The van der Waals surface area contributed by atoms with E-state index >= 15 is 0 Å². The molecule has 0 aromatic heterocycles. The zero-order chi connectivity index (χ0) is 14.6. The van der Waals surface area contributed by atoms with Crippen molar-refractivity contribution >= 4 is 16.2 Å². The Morgan fingerprint density at radius 3 is 2.37 bits per heavy atom. The van der Waals surface area contributed by atoms with Gasteiger partial charge in [0, 0.05) is 20.1 Å². The molecular weight excluding hydrogens is 272 g/mol. The third-order valence-electron chi connectivity index (χ3n) is 2.76. The Labute approximate surface area is 114 Å². The van der Waals surface area contributed by atoms with Crippen LogP contribution in [0.4, 0.5) is 0 Å². The van der Waals surface area contributed by atoms with Crippen molar-refractivity contribution in [1.82, 2.24) is 8.61 Å². The fourth-order valence-electron chi connectivity index (χ4n) is 1.99. The van der Waals surface area contributed by atoms with E-state index in [0.29, 0.717) is 13.1 Å². The second kappa shape index (κ2) is 6.65. The number of carbonyl (C=O) groups excluding carboxylic acids is 1. The van der Waals surface area contributed by atoms with Gasteiger partial charge < -0.3 is 9.47 Å². The maximum absolute atomic E-state index is 12.3. The number of nitrogens with zero attached hydrogens (tertiary/aromatic N) is 2. The second-order valence-electron chi connectivity index (χ2n) is 4.64. The predicted octanol–water partition coefficient (Wildman–Crippen LogP) is -0.165. The molecule has 1 rings (SSSR count). The van der Waals surface area contributed by atoms with Gasteiger partial charge in [0.15, 0.2) is 0 Å². The second-order valence-corrected chi connectivity index (χ2v) is 6.68. The summed E-state index contributed by atoms with van der Waals surface area (Å²) in [5.41, 5.74) is 0. The van der Waals surface area contributed by atoms with E-state index in [1.807, 2.05) is 13.8 Å². The first kappa shape index (κ1) is 16.4. The molecule has 1 fully saturated rings. The number of likely N-dealkylation sites (N-methyl/N-ethyl adjacent to an activating group) is 1. The molecule has 0 aromatic rings. The molecule has 0 amide bonds. The lowest BCUT2D eigenvalue weighted by Crippen LogP contribution is -2.53. The minimum Gasteiger partial charge on any atom is -0.465 e. The Morgan fingerprint density at radius 2 is 1.89 bits per heavy atom. The van der Waals surface area contributed by atoms with Crippen molar-refractivity contribution in [3.05, 3.63) is 0 Å². The van der Waals surface area contributed by atoms with Crippen LogP contribution in [0.1, 0.15) is 20.8 Å². The summed E-state index contributed by atoms with van der Waals surface area (Å²) in [5, 5.41) is 0. The van der Waals surface area contributed by atoms with Gasteiger partial charge in [-0.15, -0.1) is 0 Å². The van der Waals surface area contributed by atoms with E-state index < -0.39 is 16.2 Å². The van der Waals surface area contributed by atoms with Crippen LogP contribution in [0.25, 0.3) is 0 Å². The molecule has 0 radical (unpaired) electrons. The lowest BCUT2D eigenvalue weighted by molar-refractivity contribution is -0.143. The average molecular weight is 294 g/mol. The lowest BCUT2D eigenvalue weighted by Gasteiger charge is -2.36. The number of rotatable bonds is 5. The van der Waals surface area contributed by atoms with E-state index in [0.717, 1.165) is 4.31 Å². The van der Waals surface area contributed by atoms with E-state index in [4.69, 9.17) is 9.47 Å². The van der Waals surface area contributed by atoms with Gasteiger partial charge in [-0.25, -0.2) is 0 Å². The van der Waals surface area contributed by atoms with Crippen molar-refractivity contribution in [2.45, 2.75) is 33.0 Å². The van der Waals surface area contributed by atoms with Gasteiger partial charge >= 0.3 is 5.97 Å². The van der Waals surface area contributed by atoms with Gasteiger partial charge in [-0.1, -0.05) is 0 Å². The molecule has 0 spiro atoms. The molecular formula is C11H22N2O5S. The molecule has 112 valence electrons. The highest BCUT2D eigenvalue weighted by Gasteiger charge is 2.34. The van der Waals surface area contributed by atoms with Crippen LogP contribution in [0, 0.1) is 0 Å². The molecule has 0 aromatic carbocycles. The number of hydrogen-bond acceptors (Lipinski definition) is 5. The first-order chi connectivity index (χ1) is 8.77. The maximum Gasteiger partial charge on any atom is 0.321 e. The van der Waals surface area contributed by atoms with Gasteiger partial charge in [-0.2, -0.15) is 17.0 Å². The first-order valence-electron chi connectivity index (χ1n) is 6.29. The number of morpholine rings is 1. The quantitative estimate of drug-likeness (QED) is 0.658. The summed E-state index contributed by atoms with van der Waals surface area (Å²) in [7, 11) is -2.28. The molecule has 0 bridgehead atoms. The zero-order valence-electron chi connectivity index (χ0n) is 11.8. The van der Waals surface area contributed by atoms with Gasteiger partial charge in [0.2, 0.25) is 0 Å². The highest BCUT2D eigenvalue weighted by atomic mass is 32.2. The number of carbonyl (C=O) groups is 1. The van der Waals surface area contributed by atoms with Crippen LogP contribution >= 0.6 is 0 Å². The summed E-state index contributed by atoms with van der Waals surface area (Å²) in [4.78, 5) is 11.3. The van der Waals surface area contributed by atoms with E-state index in [1.54, 1.807) is 6.92 Å². The third kappa shape index (κ3) is 4.41. The number of hydrogen-bond donors (Lipinski definition) is 0. The molecule has 1 saturated heterocycles. The van der Waals surface area contributed by atoms with Crippen LogP contribution < -0.4 is 0 Å². The van der Waals surface area contributed by atoms with Crippen LogP contribution in [-0.4, -0.2) is 68.5 Å². The molecule has 0 aliphatic carbocycles. The fourth-order valence-corrected chi connectivity index (χ4v) is 3.45. The highest BCUT2D eigenvalue weighted by molar-refractivity contribution is 7.86. The third-order valence-corrected chi connectivity index (χ3v) is 4.63. The monoisotopic (exact) mass is 294 g/mol. The molecule has 2 atom stereocenters. The molecule has 1 aliphatic rings. The Kier molecular flexibility index (Phi) is 5.72. The summed E-state index contributed by atoms with van der Waals surface area (Å²) >= 11 is 0. The van der Waals surface area contributed by atoms with Crippen LogP contribution in [0.2, 0.25) is 0 Å². The van der Waals surface area contributed by atoms with Crippen LogP contribution in [0.15, 0.2) is 0 Å². The summed E-state index contributed by atoms with van der Waals surface area (Å²) in [5.74, 6) is -0.553. The lowest BCUT2D eigenvalue weighted by atomic mass is 10.3. The first-order valence-corrected chi connectivity index (χ1v) is 7.69. The standard InChI is InChI=1S/C11H22N2O5S/c1-5-17-11(14)8-12(4)19(15,16)13-6-9(2)18-10(3)7-13/h9-10H,5-8H2,1-4H3. The Bertz CT molecular complexity index is 401. The van der Waals surface area contributed by atoms with Crippen LogP contribution in [-0.2, 0) is 24.5 Å². The van der Waals surface area contributed by atoms with E-state index in [2.05, 4.69) is 0 Å². The molecule has 2 unspecified atom stereocenters. The average Bonchev–Trinajstić information content (AvgIpc) is 2.27. The van der Waals surface area contributed by atoms with Crippen LogP contribution in [0.5, 0.6) is 0 Å². The van der Waals surface area contributed by atoms with Crippen LogP contribution in [0.3, 0.4) is 0 Å². The minimum absolute atomic E-state index is 0.158. The molecule has 0 N–H and O–H groups in total. The van der Waals surface area contributed by atoms with Gasteiger partial charge in [-0.3, -0.25) is 4.79 Å². The largest absolute Gasteiger partial charge is 0.465 e. The zero-order valence-corrected chi connectivity index (χ0v) is 12.6. The van der Waals surface area contributed by atoms with Gasteiger partial charge in [0.05, 0.1) is 18.8 Å². The number of ether oxygens (including phenoxy) is 2. The van der Waals surface area contributed by atoms with Gasteiger partial charge in [0.25, 0.3) is 10.2 Å². The highest BCUT2D eigenvalue weighted by Crippen LogP contribution is 2.16. The SMILES string of the molecule is CCOC(=O)CN(C)S(=O)(=O)N1CC(C)OC(C)C1. The predicted molar refractivity (Wildman–Crippen MR) is 69.8 cm³/mol. The maximum atomic E-state index is 12.3. The van der Waals surface area contributed by atoms with E-state index in [1.165, 1.54) is 11.4 Å². The fraction of sp³-hybridized carbons (Fsp3) is 0.909.